The Balaban J connectivity index is 3.02. The molecular weight excluding hydrogens is 214 g/mol. The van der Waals surface area contributed by atoms with Crippen LogP contribution in [-0.2, 0) is 16.1 Å². The van der Waals surface area contributed by atoms with Gasteiger partial charge in [-0.05, 0) is 19.4 Å². The summed E-state index contributed by atoms with van der Waals surface area (Å²) in [6.45, 7) is 4.45. The maximum Gasteiger partial charge on any atom is 0.341 e. The van der Waals surface area contributed by atoms with E-state index in [4.69, 9.17) is 15.2 Å². The van der Waals surface area contributed by atoms with Crippen LogP contribution in [0, 0.1) is 6.92 Å². The molecule has 0 bridgehead atoms. The van der Waals surface area contributed by atoms with Crippen molar-refractivity contribution in [1.29, 1.82) is 0 Å². The maximum atomic E-state index is 11.6. The first kappa shape index (κ1) is 12.0. The van der Waals surface area contributed by atoms with E-state index >= 15 is 0 Å². The van der Waals surface area contributed by atoms with Crippen molar-refractivity contribution in [3.8, 4) is 0 Å². The molecule has 1 aromatic heterocycles. The monoisotopic (exact) mass is 229 g/mol. The number of nitrogens with two attached hydrogens (primary N) is 1. The number of thiophene rings is 1. The fraction of sp³-hybridized carbons (Fsp3) is 0.500. The van der Waals surface area contributed by atoms with Crippen molar-refractivity contribution in [3.05, 3.63) is 16.0 Å². The Hall–Kier alpha value is -1.07. The lowest BCUT2D eigenvalue weighted by Crippen LogP contribution is -2.07. The number of hydrogen-bond acceptors (Lipinski definition) is 5. The Kier molecular flexibility index (Phi) is 4.11. The molecule has 0 aliphatic carbocycles. The quantitative estimate of drug-likeness (QED) is 0.802. The second-order valence-corrected chi connectivity index (χ2v) is 4.18. The summed E-state index contributed by atoms with van der Waals surface area (Å²) >= 11 is 1.37. The van der Waals surface area contributed by atoms with Crippen molar-refractivity contribution in [1.82, 2.24) is 0 Å². The summed E-state index contributed by atoms with van der Waals surface area (Å²) in [5.74, 6) is -0.355. The van der Waals surface area contributed by atoms with Gasteiger partial charge in [0.1, 0.15) is 5.00 Å². The van der Waals surface area contributed by atoms with Crippen LogP contribution in [0.15, 0.2) is 0 Å². The zero-order valence-corrected chi connectivity index (χ0v) is 9.94. The fourth-order valence-electron chi connectivity index (χ4n) is 1.31. The van der Waals surface area contributed by atoms with Crippen LogP contribution in [0.4, 0.5) is 5.00 Å². The smallest absolute Gasteiger partial charge is 0.341 e. The predicted molar refractivity (Wildman–Crippen MR) is 60.1 cm³/mol. The number of esters is 1. The highest BCUT2D eigenvalue weighted by Gasteiger charge is 2.20. The molecule has 0 aliphatic rings. The van der Waals surface area contributed by atoms with Crippen LogP contribution in [0.1, 0.15) is 27.7 Å². The Labute approximate surface area is 93.0 Å². The number of rotatable bonds is 4. The molecule has 0 amide bonds. The summed E-state index contributed by atoms with van der Waals surface area (Å²) in [5, 5.41) is 0.498. The second kappa shape index (κ2) is 5.14. The van der Waals surface area contributed by atoms with E-state index in [0.717, 1.165) is 10.4 Å². The first-order chi connectivity index (χ1) is 7.11. The number of anilines is 1. The molecular formula is C10H15NO3S. The van der Waals surface area contributed by atoms with Crippen molar-refractivity contribution in [2.24, 2.45) is 0 Å². The van der Waals surface area contributed by atoms with Crippen LogP contribution in [-0.4, -0.2) is 19.7 Å². The first-order valence-corrected chi connectivity index (χ1v) is 5.47. The predicted octanol–water partition coefficient (Wildman–Crippen LogP) is 1.96. The molecule has 15 heavy (non-hydrogen) atoms. The van der Waals surface area contributed by atoms with Crippen molar-refractivity contribution < 1.29 is 14.3 Å². The van der Waals surface area contributed by atoms with Gasteiger partial charge < -0.3 is 15.2 Å². The molecule has 1 rings (SSSR count). The zero-order valence-electron chi connectivity index (χ0n) is 9.12. The Morgan fingerprint density at radius 2 is 2.20 bits per heavy atom. The van der Waals surface area contributed by atoms with Gasteiger partial charge in [0.2, 0.25) is 0 Å². The van der Waals surface area contributed by atoms with Crippen LogP contribution in [0.2, 0.25) is 0 Å². The van der Waals surface area contributed by atoms with Crippen LogP contribution < -0.4 is 5.73 Å². The SMILES string of the molecule is CCOC(=O)c1c(N)sc(COC)c1C. The van der Waals surface area contributed by atoms with Crippen LogP contribution in [0.3, 0.4) is 0 Å². The average molecular weight is 229 g/mol. The minimum atomic E-state index is -0.355. The van der Waals surface area contributed by atoms with E-state index in [1.54, 1.807) is 14.0 Å². The van der Waals surface area contributed by atoms with E-state index in [-0.39, 0.29) is 5.97 Å². The molecule has 0 saturated heterocycles. The summed E-state index contributed by atoms with van der Waals surface area (Å²) in [6, 6.07) is 0. The number of ether oxygens (including phenoxy) is 2. The molecule has 5 heteroatoms. The molecule has 0 saturated carbocycles. The van der Waals surface area contributed by atoms with Gasteiger partial charge in [-0.3, -0.25) is 0 Å². The average Bonchev–Trinajstić information content (AvgIpc) is 2.43. The minimum absolute atomic E-state index is 0.354. The zero-order chi connectivity index (χ0) is 11.4. The molecule has 0 spiro atoms. The molecule has 2 N–H and O–H groups in total. The third-order valence-corrected chi connectivity index (χ3v) is 3.12. The van der Waals surface area contributed by atoms with E-state index < -0.39 is 0 Å². The van der Waals surface area contributed by atoms with E-state index in [1.807, 2.05) is 6.92 Å². The summed E-state index contributed by atoms with van der Waals surface area (Å²) in [4.78, 5) is 12.5. The van der Waals surface area contributed by atoms with Gasteiger partial charge in [-0.1, -0.05) is 0 Å². The van der Waals surface area contributed by atoms with Gasteiger partial charge in [0.25, 0.3) is 0 Å². The summed E-state index contributed by atoms with van der Waals surface area (Å²) in [5.41, 5.74) is 7.11. The number of methoxy groups -OCH3 is 1. The minimum Gasteiger partial charge on any atom is -0.462 e. The van der Waals surface area contributed by atoms with Crippen LogP contribution in [0.5, 0.6) is 0 Å². The van der Waals surface area contributed by atoms with Crippen molar-refractivity contribution >= 4 is 22.3 Å². The van der Waals surface area contributed by atoms with Crippen molar-refractivity contribution in [2.75, 3.05) is 19.5 Å². The molecule has 1 aromatic rings. The maximum absolute atomic E-state index is 11.6. The highest BCUT2D eigenvalue weighted by Crippen LogP contribution is 2.31. The van der Waals surface area contributed by atoms with E-state index in [1.165, 1.54) is 11.3 Å². The van der Waals surface area contributed by atoms with Crippen molar-refractivity contribution in [3.63, 3.8) is 0 Å². The van der Waals surface area contributed by atoms with Gasteiger partial charge in [-0.15, -0.1) is 11.3 Å². The molecule has 0 radical (unpaired) electrons. The number of nitrogen functional groups attached to an aromatic ring is 1. The van der Waals surface area contributed by atoms with Crippen molar-refractivity contribution in [2.45, 2.75) is 20.5 Å². The Bertz CT molecular complexity index is 360. The lowest BCUT2D eigenvalue weighted by Gasteiger charge is -2.02. The normalized spacial score (nSPS) is 10.3. The standard InChI is InChI=1S/C10H15NO3S/c1-4-14-10(12)8-6(2)7(5-13-3)15-9(8)11/h4-5,11H2,1-3H3. The lowest BCUT2D eigenvalue weighted by molar-refractivity contribution is 0.0527. The Morgan fingerprint density at radius 1 is 1.53 bits per heavy atom. The topological polar surface area (TPSA) is 61.5 Å². The highest BCUT2D eigenvalue weighted by molar-refractivity contribution is 7.16. The van der Waals surface area contributed by atoms with E-state index in [2.05, 4.69) is 0 Å². The van der Waals surface area contributed by atoms with Gasteiger partial charge in [-0.2, -0.15) is 0 Å². The van der Waals surface area contributed by atoms with Gasteiger partial charge in [0.05, 0.1) is 18.8 Å². The summed E-state index contributed by atoms with van der Waals surface area (Å²) < 4.78 is 9.95. The van der Waals surface area contributed by atoms with Gasteiger partial charge in [0, 0.05) is 12.0 Å². The molecule has 0 atom stereocenters. The number of carbonyl (C=O) groups is 1. The number of hydrogen-bond donors (Lipinski definition) is 1. The van der Waals surface area contributed by atoms with E-state index in [9.17, 15) is 4.79 Å². The lowest BCUT2D eigenvalue weighted by atomic mass is 10.1. The second-order valence-electron chi connectivity index (χ2n) is 3.04. The molecule has 0 aromatic carbocycles. The van der Waals surface area contributed by atoms with Gasteiger partial charge >= 0.3 is 5.97 Å². The summed E-state index contributed by atoms with van der Waals surface area (Å²) in [6.07, 6.45) is 0. The third kappa shape index (κ3) is 2.49. The molecule has 0 aliphatic heterocycles. The molecule has 0 fully saturated rings. The van der Waals surface area contributed by atoms with Gasteiger partial charge in [-0.25, -0.2) is 4.79 Å². The molecule has 0 unspecified atom stereocenters. The molecule has 4 nitrogen and oxygen atoms in total. The third-order valence-electron chi connectivity index (χ3n) is 2.03. The van der Waals surface area contributed by atoms with Crippen LogP contribution >= 0.6 is 11.3 Å². The number of carbonyl (C=O) groups excluding carboxylic acids is 1. The fourth-order valence-corrected chi connectivity index (χ4v) is 2.35. The molecule has 84 valence electrons. The van der Waals surface area contributed by atoms with E-state index in [0.29, 0.717) is 23.8 Å². The highest BCUT2D eigenvalue weighted by atomic mass is 32.1. The van der Waals surface area contributed by atoms with Crippen LogP contribution in [0.25, 0.3) is 0 Å². The van der Waals surface area contributed by atoms with Gasteiger partial charge in [0.15, 0.2) is 0 Å². The molecule has 1 heterocycles. The largest absolute Gasteiger partial charge is 0.462 e. The summed E-state index contributed by atoms with van der Waals surface area (Å²) in [7, 11) is 1.61. The first-order valence-electron chi connectivity index (χ1n) is 4.65. The Morgan fingerprint density at radius 3 is 2.73 bits per heavy atom.